The fourth-order valence-corrected chi connectivity index (χ4v) is 5.25. The molecule has 11 heteroatoms. The van der Waals surface area contributed by atoms with E-state index in [4.69, 9.17) is 4.74 Å². The van der Waals surface area contributed by atoms with Crippen LogP contribution in [0.4, 0.5) is 10.8 Å². The minimum Gasteiger partial charge on any atom is -0.494 e. The third-order valence-corrected chi connectivity index (χ3v) is 7.01. The highest BCUT2D eigenvalue weighted by Crippen LogP contribution is 2.30. The van der Waals surface area contributed by atoms with Gasteiger partial charge in [-0.1, -0.05) is 35.2 Å². The molecule has 0 atom stereocenters. The molecule has 0 aliphatic carbocycles. The number of hydrogen-bond donors (Lipinski definition) is 1. The van der Waals surface area contributed by atoms with E-state index in [2.05, 4.69) is 25.7 Å². The lowest BCUT2D eigenvalue weighted by molar-refractivity contribution is 0.340. The van der Waals surface area contributed by atoms with Crippen molar-refractivity contribution in [2.45, 2.75) is 30.5 Å². The minimum atomic E-state index is -0.0543. The number of fused-ring (bicyclic) bond motifs is 3. The average molecular weight is 480 g/mol. The number of nitrogens with zero attached hydrogens (tertiary/aromatic N) is 6. The summed E-state index contributed by atoms with van der Waals surface area (Å²) in [7, 11) is 0. The van der Waals surface area contributed by atoms with Crippen LogP contribution >= 0.6 is 23.1 Å². The lowest BCUT2D eigenvalue weighted by atomic mass is 10.2. The summed E-state index contributed by atoms with van der Waals surface area (Å²) in [5.74, 6) is 2.68. The van der Waals surface area contributed by atoms with Gasteiger partial charge in [0.2, 0.25) is 10.9 Å². The zero-order valence-corrected chi connectivity index (χ0v) is 19.7. The summed E-state index contributed by atoms with van der Waals surface area (Å²) in [6, 6.07) is 15.3. The highest BCUT2D eigenvalue weighted by atomic mass is 32.2. The predicted octanol–water partition coefficient (Wildman–Crippen LogP) is 4.35. The molecule has 0 radical (unpaired) electrons. The predicted molar refractivity (Wildman–Crippen MR) is 131 cm³/mol. The van der Waals surface area contributed by atoms with E-state index < -0.39 is 0 Å². The van der Waals surface area contributed by atoms with Crippen molar-refractivity contribution >= 4 is 50.6 Å². The van der Waals surface area contributed by atoms with Crippen molar-refractivity contribution in [3.63, 3.8) is 0 Å². The van der Waals surface area contributed by atoms with Crippen LogP contribution in [0.3, 0.4) is 0 Å². The molecule has 3 aromatic heterocycles. The molecule has 2 aromatic carbocycles. The van der Waals surface area contributed by atoms with E-state index in [1.807, 2.05) is 66.8 Å². The van der Waals surface area contributed by atoms with Crippen LogP contribution in [0.1, 0.15) is 19.7 Å². The molecule has 0 saturated carbocycles. The van der Waals surface area contributed by atoms with Gasteiger partial charge in [-0.25, -0.2) is 0 Å². The van der Waals surface area contributed by atoms with Crippen molar-refractivity contribution in [3.8, 4) is 5.75 Å². The van der Waals surface area contributed by atoms with Gasteiger partial charge in [-0.05, 0) is 50.2 Å². The van der Waals surface area contributed by atoms with E-state index >= 15 is 0 Å². The molecule has 0 bridgehead atoms. The lowest BCUT2D eigenvalue weighted by Crippen LogP contribution is -2.22. The number of rotatable bonds is 8. The summed E-state index contributed by atoms with van der Waals surface area (Å²) in [6.45, 7) is 5.05. The number of hydrogen-bond acceptors (Lipinski definition) is 9. The number of benzene rings is 2. The first-order chi connectivity index (χ1) is 16.2. The van der Waals surface area contributed by atoms with Crippen molar-refractivity contribution < 1.29 is 4.74 Å². The van der Waals surface area contributed by atoms with Crippen LogP contribution in [-0.4, -0.2) is 36.0 Å². The van der Waals surface area contributed by atoms with Gasteiger partial charge in [0.05, 0.1) is 23.3 Å². The van der Waals surface area contributed by atoms with E-state index in [-0.39, 0.29) is 5.56 Å². The Morgan fingerprint density at radius 2 is 1.85 bits per heavy atom. The SMILES string of the molecule is CCOc1ccc(Nc2nnc(SCc3nnc4n(CC)c(=O)c5ccccc5n34)s2)cc1. The largest absolute Gasteiger partial charge is 0.494 e. The van der Waals surface area contributed by atoms with Gasteiger partial charge >= 0.3 is 0 Å². The Labute approximate surface area is 197 Å². The molecule has 5 rings (SSSR count). The van der Waals surface area contributed by atoms with Crippen LogP contribution in [0.2, 0.25) is 0 Å². The molecule has 0 aliphatic heterocycles. The summed E-state index contributed by atoms with van der Waals surface area (Å²) in [5, 5.41) is 21.8. The lowest BCUT2D eigenvalue weighted by Gasteiger charge is -2.09. The summed E-state index contributed by atoms with van der Waals surface area (Å²) in [4.78, 5) is 12.8. The number of aryl methyl sites for hydroxylation is 1. The fraction of sp³-hybridized carbons (Fsp3) is 0.227. The molecule has 5 aromatic rings. The Balaban J connectivity index is 1.36. The van der Waals surface area contributed by atoms with E-state index in [0.717, 1.165) is 27.1 Å². The maximum absolute atomic E-state index is 12.8. The van der Waals surface area contributed by atoms with Crippen LogP contribution in [0.5, 0.6) is 5.75 Å². The molecule has 9 nitrogen and oxygen atoms in total. The molecule has 33 heavy (non-hydrogen) atoms. The first-order valence-corrected chi connectivity index (χ1v) is 12.3. The normalized spacial score (nSPS) is 11.3. The second-order valence-corrected chi connectivity index (χ2v) is 9.26. The van der Waals surface area contributed by atoms with E-state index in [0.29, 0.717) is 35.2 Å². The number of nitrogens with one attached hydrogen (secondary N) is 1. The first kappa shape index (κ1) is 21.4. The monoisotopic (exact) mass is 479 g/mol. The van der Waals surface area contributed by atoms with Crippen molar-refractivity contribution in [1.82, 2.24) is 29.4 Å². The van der Waals surface area contributed by atoms with Gasteiger partial charge < -0.3 is 10.1 Å². The Kier molecular flexibility index (Phi) is 5.97. The molecule has 0 fully saturated rings. The molecule has 3 heterocycles. The van der Waals surface area contributed by atoms with Crippen molar-refractivity contribution in [2.75, 3.05) is 11.9 Å². The van der Waals surface area contributed by atoms with E-state index in [9.17, 15) is 4.79 Å². The number of aromatic nitrogens is 6. The highest BCUT2D eigenvalue weighted by molar-refractivity contribution is 8.00. The van der Waals surface area contributed by atoms with E-state index in [1.165, 1.54) is 23.1 Å². The molecule has 0 saturated heterocycles. The Bertz CT molecular complexity index is 1470. The van der Waals surface area contributed by atoms with Gasteiger partial charge in [-0.2, -0.15) is 0 Å². The smallest absolute Gasteiger partial charge is 0.262 e. The van der Waals surface area contributed by atoms with Crippen molar-refractivity contribution in [1.29, 1.82) is 0 Å². The van der Waals surface area contributed by atoms with Gasteiger partial charge in [0.15, 0.2) is 4.34 Å². The Hall–Kier alpha value is -3.44. The molecule has 0 spiro atoms. The molecular weight excluding hydrogens is 458 g/mol. The summed E-state index contributed by atoms with van der Waals surface area (Å²) < 4.78 is 9.88. The molecule has 0 unspecified atom stereocenters. The molecule has 168 valence electrons. The van der Waals surface area contributed by atoms with Gasteiger partial charge in [-0.3, -0.25) is 13.8 Å². The number of ether oxygens (including phenoxy) is 1. The topological polar surface area (TPSA) is 99.2 Å². The maximum Gasteiger partial charge on any atom is 0.262 e. The van der Waals surface area contributed by atoms with Gasteiger partial charge in [0.25, 0.3) is 5.56 Å². The summed E-state index contributed by atoms with van der Waals surface area (Å²) in [5.41, 5.74) is 1.66. The Morgan fingerprint density at radius 3 is 2.64 bits per heavy atom. The first-order valence-electron chi connectivity index (χ1n) is 10.5. The molecular formula is C22H21N7O2S2. The van der Waals surface area contributed by atoms with Gasteiger partial charge in [0.1, 0.15) is 11.6 Å². The second-order valence-electron chi connectivity index (χ2n) is 7.06. The third kappa shape index (κ3) is 4.16. The summed E-state index contributed by atoms with van der Waals surface area (Å²) in [6.07, 6.45) is 0. The zero-order chi connectivity index (χ0) is 22.8. The average Bonchev–Trinajstić information content (AvgIpc) is 3.47. The van der Waals surface area contributed by atoms with Crippen molar-refractivity contribution in [3.05, 3.63) is 64.7 Å². The van der Waals surface area contributed by atoms with Crippen molar-refractivity contribution in [2.24, 2.45) is 0 Å². The third-order valence-electron chi connectivity index (χ3n) is 5.04. The number of para-hydroxylation sites is 1. The van der Waals surface area contributed by atoms with Crippen LogP contribution < -0.4 is 15.6 Å². The molecule has 1 N–H and O–H groups in total. The van der Waals surface area contributed by atoms with Gasteiger partial charge in [0, 0.05) is 12.2 Å². The standard InChI is InChI=1S/C22H21N7O2S2/c1-3-28-19(30)16-7-5-6-8-17(16)29-18(24-26-21(28)29)13-32-22-27-25-20(33-22)23-14-9-11-15(12-10-14)31-4-2/h5-12H,3-4,13H2,1-2H3,(H,23,25). The van der Waals surface area contributed by atoms with E-state index in [1.54, 1.807) is 4.57 Å². The van der Waals surface area contributed by atoms with Gasteiger partial charge in [-0.15, -0.1) is 20.4 Å². The number of anilines is 2. The highest BCUT2D eigenvalue weighted by Gasteiger charge is 2.16. The van der Waals surface area contributed by atoms with Crippen LogP contribution in [0.15, 0.2) is 57.7 Å². The van der Waals surface area contributed by atoms with Crippen LogP contribution in [-0.2, 0) is 12.3 Å². The quantitative estimate of drug-likeness (QED) is 0.328. The molecule has 0 amide bonds. The van der Waals surface area contributed by atoms with Crippen LogP contribution in [0.25, 0.3) is 16.7 Å². The van der Waals surface area contributed by atoms with Crippen LogP contribution in [0, 0.1) is 0 Å². The zero-order valence-electron chi connectivity index (χ0n) is 18.1. The maximum atomic E-state index is 12.8. The molecule has 0 aliphatic rings. The Morgan fingerprint density at radius 1 is 1.03 bits per heavy atom. The summed E-state index contributed by atoms with van der Waals surface area (Å²) >= 11 is 3.00. The minimum absolute atomic E-state index is 0.0543. The second kappa shape index (κ2) is 9.20. The fourth-order valence-electron chi connectivity index (χ4n) is 3.56. The number of thioether (sulfide) groups is 1.